The van der Waals surface area contributed by atoms with Crippen molar-refractivity contribution < 1.29 is 4.21 Å². The largest absolute Gasteiger partial charge is 0.356 e. The van der Waals surface area contributed by atoms with Crippen LogP contribution in [0.5, 0.6) is 0 Å². The van der Waals surface area contributed by atoms with Crippen molar-refractivity contribution in [2.45, 2.75) is 63.2 Å². The van der Waals surface area contributed by atoms with Crippen LogP contribution < -0.4 is 10.6 Å². The second kappa shape index (κ2) is 9.88. The summed E-state index contributed by atoms with van der Waals surface area (Å²) in [6, 6.07) is 8.71. The molecule has 0 aromatic heterocycles. The lowest BCUT2D eigenvalue weighted by molar-refractivity contribution is 0.410. The van der Waals surface area contributed by atoms with Gasteiger partial charge in [-0.05, 0) is 30.9 Å². The van der Waals surface area contributed by atoms with Gasteiger partial charge in [0, 0.05) is 51.3 Å². The number of benzene rings is 1. The fourth-order valence-corrected chi connectivity index (χ4v) is 5.72. The summed E-state index contributed by atoms with van der Waals surface area (Å²) in [6.07, 6.45) is 4.30. The smallest absolute Gasteiger partial charge is 0.191 e. The molecule has 3 unspecified atom stereocenters. The second-order valence-electron chi connectivity index (χ2n) is 7.59. The van der Waals surface area contributed by atoms with Crippen LogP contribution in [0.4, 0.5) is 0 Å². The normalized spacial score (nSPS) is 22.7. The molecule has 0 saturated heterocycles. The molecule has 0 spiro atoms. The van der Waals surface area contributed by atoms with Crippen LogP contribution in [0.2, 0.25) is 0 Å². The summed E-state index contributed by atoms with van der Waals surface area (Å²) in [5, 5.41) is 7.35. The summed E-state index contributed by atoms with van der Waals surface area (Å²) in [5.74, 6) is 1.59. The molecule has 1 aliphatic rings. The maximum atomic E-state index is 12.1. The van der Waals surface area contributed by atoms with Crippen molar-refractivity contribution in [3.63, 3.8) is 0 Å². The molecule has 3 atom stereocenters. The van der Waals surface area contributed by atoms with E-state index < -0.39 is 10.8 Å². The van der Waals surface area contributed by atoms with Crippen LogP contribution in [0.25, 0.3) is 0 Å². The molecule has 4 nitrogen and oxygen atoms in total. The molecule has 146 valence electrons. The SMILES string of the molecule is CCS(=O)C1CCCC(NC(=NC)NCC(C)(C)c2ccccc2Br)C1. The van der Waals surface area contributed by atoms with E-state index in [0.717, 1.165) is 48.4 Å². The van der Waals surface area contributed by atoms with Gasteiger partial charge in [0.05, 0.1) is 0 Å². The van der Waals surface area contributed by atoms with E-state index in [0.29, 0.717) is 11.3 Å². The molecule has 0 bridgehead atoms. The Labute approximate surface area is 169 Å². The maximum Gasteiger partial charge on any atom is 0.191 e. The summed E-state index contributed by atoms with van der Waals surface area (Å²) in [4.78, 5) is 4.40. The van der Waals surface area contributed by atoms with Crippen molar-refractivity contribution >= 4 is 32.7 Å². The average molecular weight is 442 g/mol. The van der Waals surface area contributed by atoms with Crippen molar-refractivity contribution in [2.24, 2.45) is 4.99 Å². The molecule has 1 aromatic rings. The molecule has 6 heteroatoms. The van der Waals surface area contributed by atoms with Gasteiger partial charge in [-0.2, -0.15) is 0 Å². The van der Waals surface area contributed by atoms with Gasteiger partial charge < -0.3 is 10.6 Å². The first-order valence-corrected chi connectivity index (χ1v) is 11.6. The predicted octanol–water partition coefficient (Wildman–Crippen LogP) is 3.97. The quantitative estimate of drug-likeness (QED) is 0.518. The van der Waals surface area contributed by atoms with Gasteiger partial charge in [0.2, 0.25) is 0 Å². The van der Waals surface area contributed by atoms with Gasteiger partial charge in [0.1, 0.15) is 0 Å². The lowest BCUT2D eigenvalue weighted by Crippen LogP contribution is -2.49. The van der Waals surface area contributed by atoms with E-state index in [1.165, 1.54) is 5.56 Å². The first kappa shape index (κ1) is 21.4. The lowest BCUT2D eigenvalue weighted by atomic mass is 9.84. The molecule has 0 radical (unpaired) electrons. The summed E-state index contributed by atoms with van der Waals surface area (Å²) >= 11 is 3.66. The van der Waals surface area contributed by atoms with Crippen LogP contribution in [-0.4, -0.2) is 40.8 Å². The van der Waals surface area contributed by atoms with Crippen molar-refractivity contribution in [1.82, 2.24) is 10.6 Å². The molecule has 2 N–H and O–H groups in total. The third-order valence-corrected chi connectivity index (χ3v) is 7.58. The molecule has 0 amide bonds. The molecule has 1 aliphatic carbocycles. The minimum Gasteiger partial charge on any atom is -0.356 e. The van der Waals surface area contributed by atoms with Gasteiger partial charge in [-0.3, -0.25) is 9.20 Å². The number of guanidine groups is 1. The minimum absolute atomic E-state index is 0.0312. The van der Waals surface area contributed by atoms with E-state index in [4.69, 9.17) is 0 Å². The Morgan fingerprint density at radius 2 is 2.08 bits per heavy atom. The number of aliphatic imine (C=N–C) groups is 1. The van der Waals surface area contributed by atoms with Crippen LogP contribution >= 0.6 is 15.9 Å². The predicted molar refractivity (Wildman–Crippen MR) is 116 cm³/mol. The van der Waals surface area contributed by atoms with E-state index in [9.17, 15) is 4.21 Å². The van der Waals surface area contributed by atoms with Gasteiger partial charge >= 0.3 is 0 Å². The zero-order valence-corrected chi connectivity index (χ0v) is 18.8. The zero-order chi connectivity index (χ0) is 19.2. The molecular weight excluding hydrogens is 410 g/mol. The molecule has 0 aliphatic heterocycles. The monoisotopic (exact) mass is 441 g/mol. The molecule has 2 rings (SSSR count). The Bertz CT molecular complexity index is 648. The Morgan fingerprint density at radius 1 is 1.35 bits per heavy atom. The number of hydrogen-bond donors (Lipinski definition) is 2. The molecule has 1 saturated carbocycles. The molecular formula is C20H32BrN3OS. The number of rotatable bonds is 6. The van der Waals surface area contributed by atoms with Gasteiger partial charge in [-0.25, -0.2) is 0 Å². The standard InChI is InChI=1S/C20H32BrN3OS/c1-5-26(25)16-10-8-9-15(13-16)24-19(22-4)23-14-20(2,3)17-11-6-7-12-18(17)21/h6-7,11-12,15-16H,5,8-10,13-14H2,1-4H3,(H2,22,23,24). The Morgan fingerprint density at radius 3 is 2.73 bits per heavy atom. The number of halogens is 1. The maximum absolute atomic E-state index is 12.1. The summed E-state index contributed by atoms with van der Waals surface area (Å²) in [5.41, 5.74) is 1.25. The van der Waals surface area contributed by atoms with Crippen molar-refractivity contribution in [2.75, 3.05) is 19.3 Å². The summed E-state index contributed by atoms with van der Waals surface area (Å²) < 4.78 is 13.3. The van der Waals surface area contributed by atoms with E-state index in [1.807, 2.05) is 20.0 Å². The highest BCUT2D eigenvalue weighted by Gasteiger charge is 2.27. The topological polar surface area (TPSA) is 53.5 Å². The highest BCUT2D eigenvalue weighted by molar-refractivity contribution is 9.10. The van der Waals surface area contributed by atoms with E-state index in [2.05, 4.69) is 63.6 Å². The van der Waals surface area contributed by atoms with E-state index in [-0.39, 0.29) is 5.41 Å². The van der Waals surface area contributed by atoms with Crippen molar-refractivity contribution in [3.8, 4) is 0 Å². The van der Waals surface area contributed by atoms with Crippen molar-refractivity contribution in [1.29, 1.82) is 0 Å². The lowest BCUT2D eigenvalue weighted by Gasteiger charge is -2.32. The third kappa shape index (κ3) is 5.81. The van der Waals surface area contributed by atoms with E-state index >= 15 is 0 Å². The second-order valence-corrected chi connectivity index (χ2v) is 10.4. The fraction of sp³-hybridized carbons (Fsp3) is 0.650. The number of nitrogens with zero attached hydrogens (tertiary/aromatic N) is 1. The summed E-state index contributed by atoms with van der Waals surface area (Å²) in [6.45, 7) is 7.26. The Kier molecular flexibility index (Phi) is 8.14. The minimum atomic E-state index is -0.702. The average Bonchev–Trinajstić information content (AvgIpc) is 2.64. The van der Waals surface area contributed by atoms with Crippen LogP contribution in [0.3, 0.4) is 0 Å². The van der Waals surface area contributed by atoms with Crippen LogP contribution in [0, 0.1) is 0 Å². The highest BCUT2D eigenvalue weighted by atomic mass is 79.9. The van der Waals surface area contributed by atoms with Crippen LogP contribution in [0.15, 0.2) is 33.7 Å². The first-order chi connectivity index (χ1) is 12.4. The Hall–Kier alpha value is -0.880. The van der Waals surface area contributed by atoms with Crippen LogP contribution in [0.1, 0.15) is 52.0 Å². The fourth-order valence-electron chi connectivity index (χ4n) is 3.55. The zero-order valence-electron chi connectivity index (χ0n) is 16.3. The summed E-state index contributed by atoms with van der Waals surface area (Å²) in [7, 11) is 1.11. The van der Waals surface area contributed by atoms with Gasteiger partial charge in [0.25, 0.3) is 0 Å². The van der Waals surface area contributed by atoms with Crippen LogP contribution in [-0.2, 0) is 16.2 Å². The van der Waals surface area contributed by atoms with Crippen molar-refractivity contribution in [3.05, 3.63) is 34.3 Å². The third-order valence-electron chi connectivity index (χ3n) is 5.15. The number of nitrogens with one attached hydrogen (secondary N) is 2. The first-order valence-electron chi connectivity index (χ1n) is 9.46. The molecule has 26 heavy (non-hydrogen) atoms. The number of hydrogen-bond acceptors (Lipinski definition) is 2. The Balaban J connectivity index is 1.93. The molecule has 1 aromatic carbocycles. The van der Waals surface area contributed by atoms with Gasteiger partial charge in [-0.1, -0.05) is 61.3 Å². The van der Waals surface area contributed by atoms with Gasteiger partial charge in [-0.15, -0.1) is 0 Å². The molecule has 0 heterocycles. The molecule has 1 fully saturated rings. The van der Waals surface area contributed by atoms with E-state index in [1.54, 1.807) is 0 Å². The van der Waals surface area contributed by atoms with Gasteiger partial charge in [0.15, 0.2) is 5.96 Å². The highest BCUT2D eigenvalue weighted by Crippen LogP contribution is 2.29.